The van der Waals surface area contributed by atoms with E-state index < -0.39 is 41.4 Å². The van der Waals surface area contributed by atoms with E-state index in [0.717, 1.165) is 0 Å². The molecule has 1 heterocycles. The molecule has 0 aliphatic carbocycles. The maximum Gasteiger partial charge on any atom is 0.410 e. The number of anilines is 1. The quantitative estimate of drug-likeness (QED) is 0.769. The number of ether oxygens (including phenoxy) is 2. The van der Waals surface area contributed by atoms with Gasteiger partial charge in [0.05, 0.1) is 5.92 Å². The topological polar surface area (TPSA) is 84.9 Å². The molecular weight excluding hydrogens is 379 g/mol. The van der Waals surface area contributed by atoms with Crippen molar-refractivity contribution in [2.75, 3.05) is 18.4 Å². The summed E-state index contributed by atoms with van der Waals surface area (Å²) in [5.41, 5.74) is 0.135. The highest BCUT2D eigenvalue weighted by molar-refractivity contribution is 5.95. The van der Waals surface area contributed by atoms with Gasteiger partial charge in [0.15, 0.2) is 6.10 Å². The average Bonchev–Trinajstić information content (AvgIpc) is 2.63. The van der Waals surface area contributed by atoms with Crippen LogP contribution < -0.4 is 5.32 Å². The van der Waals surface area contributed by atoms with Crippen molar-refractivity contribution < 1.29 is 28.2 Å². The van der Waals surface area contributed by atoms with Gasteiger partial charge in [0.1, 0.15) is 11.4 Å². The molecule has 160 valence electrons. The van der Waals surface area contributed by atoms with Crippen LogP contribution in [0.5, 0.6) is 0 Å². The molecule has 1 N–H and O–H groups in total. The van der Waals surface area contributed by atoms with Crippen LogP contribution in [-0.2, 0) is 19.1 Å². The smallest absolute Gasteiger partial charge is 0.410 e. The van der Waals surface area contributed by atoms with E-state index >= 15 is 0 Å². The fourth-order valence-corrected chi connectivity index (χ4v) is 2.90. The zero-order valence-corrected chi connectivity index (χ0v) is 17.6. The lowest BCUT2D eigenvalue weighted by Crippen LogP contribution is -2.45. The van der Waals surface area contributed by atoms with Gasteiger partial charge in [-0.1, -0.05) is 6.07 Å². The first-order chi connectivity index (χ1) is 13.5. The van der Waals surface area contributed by atoms with Crippen LogP contribution in [0.15, 0.2) is 18.2 Å². The molecule has 0 aromatic heterocycles. The molecule has 7 nitrogen and oxygen atoms in total. The number of hydrogen-bond donors (Lipinski definition) is 1. The van der Waals surface area contributed by atoms with E-state index in [-0.39, 0.29) is 12.2 Å². The second kappa shape index (κ2) is 9.24. The van der Waals surface area contributed by atoms with Crippen molar-refractivity contribution in [1.82, 2.24) is 4.90 Å². The third-order valence-corrected chi connectivity index (χ3v) is 4.51. The number of rotatable bonds is 4. The summed E-state index contributed by atoms with van der Waals surface area (Å²) in [5.74, 6) is -2.06. The summed E-state index contributed by atoms with van der Waals surface area (Å²) < 4.78 is 24.2. The zero-order valence-electron chi connectivity index (χ0n) is 17.6. The third kappa shape index (κ3) is 6.73. The molecule has 0 bridgehead atoms. The Morgan fingerprint density at radius 1 is 1.28 bits per heavy atom. The zero-order chi connectivity index (χ0) is 21.8. The first-order valence-corrected chi connectivity index (χ1v) is 9.71. The van der Waals surface area contributed by atoms with E-state index in [1.54, 1.807) is 39.8 Å². The van der Waals surface area contributed by atoms with Crippen molar-refractivity contribution >= 4 is 23.7 Å². The summed E-state index contributed by atoms with van der Waals surface area (Å²) in [7, 11) is 0. The summed E-state index contributed by atoms with van der Waals surface area (Å²) in [4.78, 5) is 38.4. The molecule has 1 aliphatic rings. The highest BCUT2D eigenvalue weighted by Gasteiger charge is 2.33. The van der Waals surface area contributed by atoms with Gasteiger partial charge < -0.3 is 19.7 Å². The van der Waals surface area contributed by atoms with E-state index in [1.807, 2.05) is 0 Å². The Bertz CT molecular complexity index is 775. The number of halogens is 1. The maximum absolute atomic E-state index is 13.6. The molecule has 2 amide bonds. The number of nitrogens with zero attached hydrogens (tertiary/aromatic N) is 1. The minimum Gasteiger partial charge on any atom is -0.452 e. The molecule has 8 heteroatoms. The van der Waals surface area contributed by atoms with Crippen molar-refractivity contribution in [3.8, 4) is 0 Å². The molecule has 1 saturated heterocycles. The molecule has 2 rings (SSSR count). The minimum atomic E-state index is -1.05. The van der Waals surface area contributed by atoms with E-state index in [9.17, 15) is 18.8 Å². The molecule has 29 heavy (non-hydrogen) atoms. The number of likely N-dealkylation sites (tertiary alicyclic amines) is 1. The number of esters is 1. The Kier molecular flexibility index (Phi) is 7.21. The predicted molar refractivity (Wildman–Crippen MR) is 106 cm³/mol. The summed E-state index contributed by atoms with van der Waals surface area (Å²) in [6, 6.07) is 4.33. The number of piperidine rings is 1. The van der Waals surface area contributed by atoms with Gasteiger partial charge >= 0.3 is 12.1 Å². The van der Waals surface area contributed by atoms with Crippen molar-refractivity contribution in [2.24, 2.45) is 5.92 Å². The number of carbonyl (C=O) groups excluding carboxylic acids is 3. The standard InChI is InChI=1S/C21H29FN2O5/c1-13-8-9-16(11-17(13)22)23-18(25)14(2)28-19(26)15-7-6-10-24(12-15)20(27)29-21(3,4)5/h8-9,11,14-15H,6-7,10,12H2,1-5H3,(H,23,25). The number of carbonyl (C=O) groups is 3. The SMILES string of the molecule is Cc1ccc(NC(=O)C(C)OC(=O)C2CCCN(C(=O)OC(C)(C)C)C2)cc1F. The highest BCUT2D eigenvalue weighted by atomic mass is 19.1. The Morgan fingerprint density at radius 2 is 1.97 bits per heavy atom. The Labute approximate surface area is 170 Å². The van der Waals surface area contributed by atoms with Crippen LogP contribution in [0.3, 0.4) is 0 Å². The third-order valence-electron chi connectivity index (χ3n) is 4.51. The van der Waals surface area contributed by atoms with Crippen LogP contribution in [0, 0.1) is 18.7 Å². The van der Waals surface area contributed by atoms with E-state index in [1.165, 1.54) is 17.9 Å². The van der Waals surface area contributed by atoms with Crippen molar-refractivity contribution in [1.29, 1.82) is 0 Å². The van der Waals surface area contributed by atoms with Crippen LogP contribution in [0.2, 0.25) is 0 Å². The monoisotopic (exact) mass is 408 g/mol. The Morgan fingerprint density at radius 3 is 2.59 bits per heavy atom. The lowest BCUT2D eigenvalue weighted by Gasteiger charge is -2.33. The average molecular weight is 408 g/mol. The number of hydrogen-bond acceptors (Lipinski definition) is 5. The van der Waals surface area contributed by atoms with Gasteiger partial charge in [0, 0.05) is 18.8 Å². The summed E-state index contributed by atoms with van der Waals surface area (Å²) in [5, 5.41) is 2.53. The second-order valence-corrected chi connectivity index (χ2v) is 8.30. The first-order valence-electron chi connectivity index (χ1n) is 9.71. The van der Waals surface area contributed by atoms with Crippen LogP contribution >= 0.6 is 0 Å². The normalized spacial score (nSPS) is 18.0. The van der Waals surface area contributed by atoms with Gasteiger partial charge in [-0.15, -0.1) is 0 Å². The summed E-state index contributed by atoms with van der Waals surface area (Å²) in [6.45, 7) is 9.10. The number of nitrogens with one attached hydrogen (secondary N) is 1. The lowest BCUT2D eigenvalue weighted by molar-refractivity contribution is -0.158. The van der Waals surface area contributed by atoms with Gasteiger partial charge in [0.25, 0.3) is 5.91 Å². The molecule has 1 aromatic carbocycles. The number of amides is 2. The van der Waals surface area contributed by atoms with Crippen LogP contribution in [0.25, 0.3) is 0 Å². The maximum atomic E-state index is 13.6. The molecule has 1 aromatic rings. The van der Waals surface area contributed by atoms with Crippen molar-refractivity contribution in [3.05, 3.63) is 29.6 Å². The molecular formula is C21H29FN2O5. The molecule has 0 radical (unpaired) electrons. The fourth-order valence-electron chi connectivity index (χ4n) is 2.90. The molecule has 0 saturated carbocycles. The van der Waals surface area contributed by atoms with Gasteiger partial charge in [0.2, 0.25) is 0 Å². The van der Waals surface area contributed by atoms with Gasteiger partial charge in [-0.25, -0.2) is 9.18 Å². The fraction of sp³-hybridized carbons (Fsp3) is 0.571. The minimum absolute atomic E-state index is 0.186. The summed E-state index contributed by atoms with van der Waals surface area (Å²) in [6.07, 6.45) is -0.316. The van der Waals surface area contributed by atoms with Gasteiger partial charge in [-0.05, 0) is 65.2 Å². The van der Waals surface area contributed by atoms with Gasteiger partial charge in [-0.3, -0.25) is 9.59 Å². The molecule has 1 fully saturated rings. The highest BCUT2D eigenvalue weighted by Crippen LogP contribution is 2.21. The first kappa shape index (κ1) is 22.6. The van der Waals surface area contributed by atoms with Gasteiger partial charge in [-0.2, -0.15) is 0 Å². The van der Waals surface area contributed by atoms with E-state index in [0.29, 0.717) is 24.9 Å². The van der Waals surface area contributed by atoms with E-state index in [4.69, 9.17) is 9.47 Å². The predicted octanol–water partition coefficient (Wildman–Crippen LogP) is 3.65. The van der Waals surface area contributed by atoms with Crippen LogP contribution in [-0.4, -0.2) is 47.7 Å². The largest absolute Gasteiger partial charge is 0.452 e. The van der Waals surface area contributed by atoms with Crippen LogP contribution in [0.4, 0.5) is 14.9 Å². The molecule has 1 aliphatic heterocycles. The second-order valence-electron chi connectivity index (χ2n) is 8.30. The molecule has 0 spiro atoms. The van der Waals surface area contributed by atoms with Crippen molar-refractivity contribution in [3.63, 3.8) is 0 Å². The van der Waals surface area contributed by atoms with Crippen LogP contribution in [0.1, 0.15) is 46.1 Å². The molecule has 2 atom stereocenters. The summed E-state index contributed by atoms with van der Waals surface area (Å²) >= 11 is 0. The van der Waals surface area contributed by atoms with Crippen molar-refractivity contribution in [2.45, 2.75) is 59.2 Å². The number of aryl methyl sites for hydroxylation is 1. The number of benzene rings is 1. The van der Waals surface area contributed by atoms with E-state index in [2.05, 4.69) is 5.32 Å². The lowest BCUT2D eigenvalue weighted by atomic mass is 9.98. The molecule has 2 unspecified atom stereocenters. The Balaban J connectivity index is 1.90. The Hall–Kier alpha value is -2.64.